The summed E-state index contributed by atoms with van der Waals surface area (Å²) < 4.78 is 1.83. The highest BCUT2D eigenvalue weighted by atomic mass is 32.1. The summed E-state index contributed by atoms with van der Waals surface area (Å²) in [5, 5.41) is 9.46. The van der Waals surface area contributed by atoms with Gasteiger partial charge in [0.1, 0.15) is 0 Å². The van der Waals surface area contributed by atoms with Crippen molar-refractivity contribution in [2.75, 3.05) is 13.1 Å². The molecular formula is C17H24N4OS. The van der Waals surface area contributed by atoms with Crippen molar-refractivity contribution in [3.8, 4) is 0 Å². The van der Waals surface area contributed by atoms with Crippen LogP contribution in [0.2, 0.25) is 0 Å². The molecule has 2 unspecified atom stereocenters. The van der Waals surface area contributed by atoms with Crippen molar-refractivity contribution in [2.45, 2.75) is 32.2 Å². The van der Waals surface area contributed by atoms with Gasteiger partial charge in [0.25, 0.3) is 0 Å². The van der Waals surface area contributed by atoms with Crippen LogP contribution >= 0.6 is 11.3 Å². The third-order valence-corrected chi connectivity index (χ3v) is 5.43. The summed E-state index contributed by atoms with van der Waals surface area (Å²) in [7, 11) is 1.94. The molecule has 2 atom stereocenters. The molecule has 23 heavy (non-hydrogen) atoms. The number of aromatic nitrogens is 2. The first-order valence-electron chi connectivity index (χ1n) is 8.22. The fourth-order valence-corrected chi connectivity index (χ4v) is 4.06. The second kappa shape index (κ2) is 7.17. The van der Waals surface area contributed by atoms with Gasteiger partial charge >= 0.3 is 6.03 Å². The predicted octanol–water partition coefficient (Wildman–Crippen LogP) is 3.21. The summed E-state index contributed by atoms with van der Waals surface area (Å²) in [6.45, 7) is 3.79. The van der Waals surface area contributed by atoms with Gasteiger partial charge in [-0.05, 0) is 42.2 Å². The lowest BCUT2D eigenvalue weighted by Gasteiger charge is -2.22. The highest BCUT2D eigenvalue weighted by Crippen LogP contribution is 2.24. The lowest BCUT2D eigenvalue weighted by atomic mass is 10.0. The van der Waals surface area contributed by atoms with Gasteiger partial charge in [-0.3, -0.25) is 4.68 Å². The number of nitrogens with zero attached hydrogens (tertiary/aromatic N) is 3. The Morgan fingerprint density at radius 2 is 2.43 bits per heavy atom. The Balaban J connectivity index is 1.52. The second-order valence-corrected chi connectivity index (χ2v) is 7.23. The predicted molar refractivity (Wildman–Crippen MR) is 92.5 cm³/mol. The van der Waals surface area contributed by atoms with Gasteiger partial charge in [-0.1, -0.05) is 13.0 Å². The fourth-order valence-electron chi connectivity index (χ4n) is 3.20. The number of carbonyl (C=O) groups is 1. The molecule has 1 aliphatic heterocycles. The van der Waals surface area contributed by atoms with Gasteiger partial charge in [0.2, 0.25) is 0 Å². The molecule has 0 saturated carbocycles. The van der Waals surface area contributed by atoms with Gasteiger partial charge in [-0.2, -0.15) is 5.10 Å². The number of likely N-dealkylation sites (tertiary alicyclic amines) is 1. The second-order valence-electron chi connectivity index (χ2n) is 6.25. The Bertz CT molecular complexity index is 637. The van der Waals surface area contributed by atoms with Crippen molar-refractivity contribution in [3.05, 3.63) is 40.3 Å². The maximum atomic E-state index is 12.5. The van der Waals surface area contributed by atoms with Crippen molar-refractivity contribution in [3.63, 3.8) is 0 Å². The highest BCUT2D eigenvalue weighted by molar-refractivity contribution is 7.10. The van der Waals surface area contributed by atoms with E-state index in [-0.39, 0.29) is 12.1 Å². The summed E-state index contributed by atoms with van der Waals surface area (Å²) >= 11 is 1.70. The molecule has 0 aromatic carbocycles. The largest absolute Gasteiger partial charge is 0.330 e. The number of urea groups is 1. The van der Waals surface area contributed by atoms with E-state index in [1.54, 1.807) is 11.3 Å². The number of thiophene rings is 1. The van der Waals surface area contributed by atoms with Crippen molar-refractivity contribution in [1.82, 2.24) is 20.0 Å². The van der Waals surface area contributed by atoms with Gasteiger partial charge in [0.15, 0.2) is 0 Å². The van der Waals surface area contributed by atoms with E-state index in [0.717, 1.165) is 32.4 Å². The fraction of sp³-hybridized carbons (Fsp3) is 0.529. The number of nitrogens with one attached hydrogen (secondary N) is 1. The minimum absolute atomic E-state index is 0.0685. The normalized spacial score (nSPS) is 19.0. The van der Waals surface area contributed by atoms with Crippen molar-refractivity contribution < 1.29 is 4.79 Å². The average molecular weight is 332 g/mol. The van der Waals surface area contributed by atoms with Gasteiger partial charge in [-0.25, -0.2) is 4.79 Å². The van der Waals surface area contributed by atoms with Crippen LogP contribution in [-0.4, -0.2) is 33.8 Å². The first-order valence-corrected chi connectivity index (χ1v) is 9.10. The molecule has 0 aliphatic carbocycles. The molecule has 6 heteroatoms. The Morgan fingerprint density at radius 3 is 3.09 bits per heavy atom. The number of hydrogen-bond donors (Lipinski definition) is 1. The minimum Gasteiger partial charge on any atom is -0.330 e. The van der Waals surface area contributed by atoms with Crippen LogP contribution in [0.15, 0.2) is 29.9 Å². The Morgan fingerprint density at radius 1 is 1.57 bits per heavy atom. The van der Waals surface area contributed by atoms with E-state index in [2.05, 4.69) is 35.0 Å². The molecule has 2 aromatic rings. The molecule has 0 radical (unpaired) electrons. The lowest BCUT2D eigenvalue weighted by molar-refractivity contribution is 0.202. The van der Waals surface area contributed by atoms with Gasteiger partial charge in [0.05, 0.1) is 12.2 Å². The van der Waals surface area contributed by atoms with Crippen LogP contribution in [-0.2, 0) is 13.5 Å². The Hall–Kier alpha value is -1.82. The molecule has 1 N–H and O–H groups in total. The van der Waals surface area contributed by atoms with Crippen molar-refractivity contribution >= 4 is 17.4 Å². The van der Waals surface area contributed by atoms with Crippen molar-refractivity contribution in [2.24, 2.45) is 13.0 Å². The molecule has 0 spiro atoms. The maximum Gasteiger partial charge on any atom is 0.317 e. The third-order valence-electron chi connectivity index (χ3n) is 4.45. The number of carbonyl (C=O) groups excluding carboxylic acids is 1. The topological polar surface area (TPSA) is 50.2 Å². The van der Waals surface area contributed by atoms with E-state index in [0.29, 0.717) is 5.92 Å². The highest BCUT2D eigenvalue weighted by Gasteiger charge is 2.28. The monoisotopic (exact) mass is 332 g/mol. The number of hydrogen-bond acceptors (Lipinski definition) is 3. The molecule has 2 aromatic heterocycles. The van der Waals surface area contributed by atoms with E-state index in [1.807, 2.05) is 28.9 Å². The third kappa shape index (κ3) is 3.93. The smallest absolute Gasteiger partial charge is 0.317 e. The van der Waals surface area contributed by atoms with Crippen LogP contribution < -0.4 is 5.32 Å². The standard InChI is InChI=1S/C17H24N4OS/c1-3-15(16-5-4-8-23-16)19-17(22)21-7-6-13(12-21)9-14-10-18-20(2)11-14/h4-5,8,10-11,13,15H,3,6-7,9,12H2,1-2H3,(H,19,22). The van der Waals surface area contributed by atoms with Crippen molar-refractivity contribution in [1.29, 1.82) is 0 Å². The molecule has 3 heterocycles. The number of amides is 2. The van der Waals surface area contributed by atoms with E-state index in [4.69, 9.17) is 0 Å². The minimum atomic E-state index is 0.0685. The lowest BCUT2D eigenvalue weighted by Crippen LogP contribution is -2.40. The van der Waals surface area contributed by atoms with Crippen LogP contribution in [0.1, 0.15) is 36.2 Å². The molecule has 1 aliphatic rings. The van der Waals surface area contributed by atoms with Crippen LogP contribution in [0, 0.1) is 5.92 Å². The molecule has 0 bridgehead atoms. The SMILES string of the molecule is CCC(NC(=O)N1CCC(Cc2cnn(C)c2)C1)c1cccs1. The van der Waals surface area contributed by atoms with Gasteiger partial charge in [-0.15, -0.1) is 11.3 Å². The average Bonchev–Trinajstić information content (AvgIpc) is 3.27. The van der Waals surface area contributed by atoms with E-state index in [9.17, 15) is 4.79 Å². The molecule has 3 rings (SSSR count). The maximum absolute atomic E-state index is 12.5. The van der Waals surface area contributed by atoms with Crippen LogP contribution in [0.5, 0.6) is 0 Å². The van der Waals surface area contributed by atoms with E-state index < -0.39 is 0 Å². The molecular weight excluding hydrogens is 308 g/mol. The van der Waals surface area contributed by atoms with Crippen LogP contribution in [0.25, 0.3) is 0 Å². The first kappa shape index (κ1) is 16.1. The molecule has 1 saturated heterocycles. The summed E-state index contributed by atoms with van der Waals surface area (Å²) in [4.78, 5) is 15.7. The zero-order valence-electron chi connectivity index (χ0n) is 13.7. The summed E-state index contributed by atoms with van der Waals surface area (Å²) in [5.41, 5.74) is 1.25. The molecule has 5 nitrogen and oxygen atoms in total. The van der Waals surface area contributed by atoms with Crippen LogP contribution in [0.4, 0.5) is 4.79 Å². The Labute approximate surface area is 141 Å². The molecule has 124 valence electrons. The quantitative estimate of drug-likeness (QED) is 0.914. The summed E-state index contributed by atoms with van der Waals surface area (Å²) in [6.07, 6.45) is 6.97. The first-order chi connectivity index (χ1) is 11.2. The molecule has 2 amide bonds. The van der Waals surface area contributed by atoms with E-state index >= 15 is 0 Å². The van der Waals surface area contributed by atoms with Gasteiger partial charge < -0.3 is 10.2 Å². The Kier molecular flexibility index (Phi) is 5.00. The zero-order valence-corrected chi connectivity index (χ0v) is 14.6. The summed E-state index contributed by atoms with van der Waals surface area (Å²) in [5.74, 6) is 0.534. The zero-order chi connectivity index (χ0) is 16.2. The summed E-state index contributed by atoms with van der Waals surface area (Å²) in [6, 6.07) is 4.32. The van der Waals surface area contributed by atoms with Crippen LogP contribution in [0.3, 0.4) is 0 Å². The number of rotatable bonds is 5. The number of aryl methyl sites for hydroxylation is 1. The van der Waals surface area contributed by atoms with Gasteiger partial charge in [0, 0.05) is 31.2 Å². The van der Waals surface area contributed by atoms with E-state index in [1.165, 1.54) is 10.4 Å². The molecule has 1 fully saturated rings.